The first-order valence-electron chi connectivity index (χ1n) is 6.53. The van der Waals surface area contributed by atoms with Gasteiger partial charge >= 0.3 is 0 Å². The Bertz CT molecular complexity index is 733. The highest BCUT2D eigenvalue weighted by atomic mass is 16.5. The third kappa shape index (κ3) is 2.21. The van der Waals surface area contributed by atoms with E-state index in [1.54, 1.807) is 14.2 Å². The maximum atomic E-state index is 5.36. The van der Waals surface area contributed by atoms with Crippen LogP contribution in [0.15, 0.2) is 60.7 Å². The Kier molecular flexibility index (Phi) is 3.30. The molecule has 0 unspecified atom stereocenters. The van der Waals surface area contributed by atoms with Gasteiger partial charge in [0.2, 0.25) is 0 Å². The van der Waals surface area contributed by atoms with Crippen molar-refractivity contribution < 1.29 is 9.47 Å². The van der Waals surface area contributed by atoms with E-state index in [9.17, 15) is 0 Å². The summed E-state index contributed by atoms with van der Waals surface area (Å²) in [5.74, 6) is 1.51. The molecule has 3 aromatic rings. The second kappa shape index (κ2) is 5.25. The van der Waals surface area contributed by atoms with Gasteiger partial charge in [-0.1, -0.05) is 42.5 Å². The Morgan fingerprint density at radius 2 is 1.25 bits per heavy atom. The van der Waals surface area contributed by atoms with Gasteiger partial charge in [-0.2, -0.15) is 0 Å². The molecule has 20 heavy (non-hydrogen) atoms. The molecule has 0 spiro atoms. The summed E-state index contributed by atoms with van der Waals surface area (Å²) in [6.07, 6.45) is 0. The van der Waals surface area contributed by atoms with Crippen molar-refractivity contribution in [3.63, 3.8) is 0 Å². The van der Waals surface area contributed by atoms with Crippen molar-refractivity contribution in [2.45, 2.75) is 0 Å². The summed E-state index contributed by atoms with van der Waals surface area (Å²) < 4.78 is 10.7. The van der Waals surface area contributed by atoms with Crippen molar-refractivity contribution >= 4 is 10.8 Å². The summed E-state index contributed by atoms with van der Waals surface area (Å²) in [6, 6.07) is 20.8. The molecule has 0 fully saturated rings. The predicted molar refractivity (Wildman–Crippen MR) is 82.5 cm³/mol. The fourth-order valence-corrected chi connectivity index (χ4v) is 2.39. The van der Waals surface area contributed by atoms with Crippen molar-refractivity contribution in [1.82, 2.24) is 0 Å². The van der Waals surface area contributed by atoms with Crippen molar-refractivity contribution in [3.8, 4) is 22.6 Å². The molecule has 0 aromatic heterocycles. The first kappa shape index (κ1) is 12.5. The molecule has 0 radical (unpaired) electrons. The van der Waals surface area contributed by atoms with E-state index >= 15 is 0 Å². The van der Waals surface area contributed by atoms with Gasteiger partial charge in [-0.05, 0) is 40.1 Å². The van der Waals surface area contributed by atoms with E-state index in [4.69, 9.17) is 9.47 Å². The van der Waals surface area contributed by atoms with Crippen LogP contribution in [-0.2, 0) is 0 Å². The van der Waals surface area contributed by atoms with Crippen LogP contribution in [0.25, 0.3) is 21.9 Å². The Morgan fingerprint density at radius 3 is 1.90 bits per heavy atom. The first-order chi connectivity index (χ1) is 9.81. The second-order valence-electron chi connectivity index (χ2n) is 4.64. The lowest BCUT2D eigenvalue weighted by Gasteiger charge is -2.10. The number of rotatable bonds is 3. The minimum Gasteiger partial charge on any atom is -0.493 e. The number of methoxy groups -OCH3 is 2. The van der Waals surface area contributed by atoms with Gasteiger partial charge in [0, 0.05) is 0 Å². The van der Waals surface area contributed by atoms with Gasteiger partial charge in [-0.15, -0.1) is 0 Å². The van der Waals surface area contributed by atoms with Crippen LogP contribution in [0.4, 0.5) is 0 Å². The van der Waals surface area contributed by atoms with Crippen LogP contribution in [0.3, 0.4) is 0 Å². The fourth-order valence-electron chi connectivity index (χ4n) is 2.39. The second-order valence-corrected chi connectivity index (χ2v) is 4.64. The van der Waals surface area contributed by atoms with Crippen LogP contribution < -0.4 is 9.47 Å². The number of fused-ring (bicyclic) bond motifs is 1. The Balaban J connectivity index is 2.16. The molecule has 2 nitrogen and oxygen atoms in total. The van der Waals surface area contributed by atoms with E-state index in [2.05, 4.69) is 30.3 Å². The SMILES string of the molecule is COc1cc2ccc(-c3ccccc3)cc2cc1OC. The summed E-state index contributed by atoms with van der Waals surface area (Å²) in [5.41, 5.74) is 2.41. The highest BCUT2D eigenvalue weighted by Crippen LogP contribution is 2.34. The number of hydrogen-bond acceptors (Lipinski definition) is 2. The highest BCUT2D eigenvalue weighted by Gasteiger charge is 2.06. The summed E-state index contributed by atoms with van der Waals surface area (Å²) in [6.45, 7) is 0. The third-order valence-corrected chi connectivity index (χ3v) is 3.45. The van der Waals surface area contributed by atoms with Crippen LogP contribution in [0.5, 0.6) is 11.5 Å². The van der Waals surface area contributed by atoms with E-state index in [0.717, 1.165) is 22.3 Å². The molecular formula is C18H16O2. The zero-order valence-corrected chi connectivity index (χ0v) is 11.6. The summed E-state index contributed by atoms with van der Waals surface area (Å²) in [4.78, 5) is 0. The minimum atomic E-state index is 0.755. The predicted octanol–water partition coefficient (Wildman–Crippen LogP) is 4.52. The lowest BCUT2D eigenvalue weighted by Crippen LogP contribution is -1.90. The van der Waals surface area contributed by atoms with Gasteiger partial charge in [-0.3, -0.25) is 0 Å². The summed E-state index contributed by atoms with van der Waals surface area (Å²) in [7, 11) is 3.31. The van der Waals surface area contributed by atoms with E-state index in [1.165, 1.54) is 11.1 Å². The van der Waals surface area contributed by atoms with Crippen LogP contribution in [0.2, 0.25) is 0 Å². The van der Waals surface area contributed by atoms with Gasteiger partial charge in [0.15, 0.2) is 11.5 Å². The molecule has 3 rings (SSSR count). The molecule has 0 aliphatic rings. The van der Waals surface area contributed by atoms with E-state index in [-0.39, 0.29) is 0 Å². The topological polar surface area (TPSA) is 18.5 Å². The molecule has 3 aromatic carbocycles. The maximum Gasteiger partial charge on any atom is 0.161 e. The standard InChI is InChI=1S/C18H16O2/c1-19-17-11-15-9-8-14(13-6-4-3-5-7-13)10-16(15)12-18(17)20-2/h3-12H,1-2H3. The number of benzene rings is 3. The molecule has 0 saturated heterocycles. The van der Waals surface area contributed by atoms with E-state index < -0.39 is 0 Å². The molecule has 0 aliphatic heterocycles. The Morgan fingerprint density at radius 1 is 0.600 bits per heavy atom. The van der Waals surface area contributed by atoms with Crippen LogP contribution in [0.1, 0.15) is 0 Å². The summed E-state index contributed by atoms with van der Waals surface area (Å²) in [5, 5.41) is 2.28. The Hall–Kier alpha value is -2.48. The smallest absolute Gasteiger partial charge is 0.161 e. The highest BCUT2D eigenvalue weighted by molar-refractivity contribution is 5.90. The van der Waals surface area contributed by atoms with Crippen molar-refractivity contribution in [2.75, 3.05) is 14.2 Å². The monoisotopic (exact) mass is 264 g/mol. The van der Waals surface area contributed by atoms with Gasteiger partial charge < -0.3 is 9.47 Å². The molecule has 0 atom stereocenters. The molecule has 0 saturated carbocycles. The van der Waals surface area contributed by atoms with Gasteiger partial charge in [0.25, 0.3) is 0 Å². The fraction of sp³-hybridized carbons (Fsp3) is 0.111. The normalized spacial score (nSPS) is 10.5. The van der Waals surface area contributed by atoms with Crippen molar-refractivity contribution in [1.29, 1.82) is 0 Å². The molecule has 0 amide bonds. The number of ether oxygens (including phenoxy) is 2. The largest absolute Gasteiger partial charge is 0.493 e. The van der Waals surface area contributed by atoms with Crippen molar-refractivity contribution in [2.24, 2.45) is 0 Å². The van der Waals surface area contributed by atoms with Gasteiger partial charge in [0.1, 0.15) is 0 Å². The average Bonchev–Trinajstić information content (AvgIpc) is 2.53. The zero-order chi connectivity index (χ0) is 13.9. The van der Waals surface area contributed by atoms with Gasteiger partial charge in [0.05, 0.1) is 14.2 Å². The molecule has 0 bridgehead atoms. The van der Waals surface area contributed by atoms with Gasteiger partial charge in [-0.25, -0.2) is 0 Å². The lowest BCUT2D eigenvalue weighted by atomic mass is 10.0. The minimum absolute atomic E-state index is 0.755. The van der Waals surface area contributed by atoms with Crippen LogP contribution in [-0.4, -0.2) is 14.2 Å². The molecule has 100 valence electrons. The van der Waals surface area contributed by atoms with Crippen molar-refractivity contribution in [3.05, 3.63) is 60.7 Å². The zero-order valence-electron chi connectivity index (χ0n) is 11.6. The van der Waals surface area contributed by atoms with E-state index in [0.29, 0.717) is 0 Å². The lowest BCUT2D eigenvalue weighted by molar-refractivity contribution is 0.356. The van der Waals surface area contributed by atoms with Crippen LogP contribution in [0, 0.1) is 0 Å². The molecule has 2 heteroatoms. The quantitative estimate of drug-likeness (QED) is 0.692. The summed E-state index contributed by atoms with van der Waals surface area (Å²) >= 11 is 0. The molecular weight excluding hydrogens is 248 g/mol. The molecule has 0 aliphatic carbocycles. The number of hydrogen-bond donors (Lipinski definition) is 0. The molecule has 0 heterocycles. The average molecular weight is 264 g/mol. The van der Waals surface area contributed by atoms with Crippen LogP contribution >= 0.6 is 0 Å². The molecule has 0 N–H and O–H groups in total. The Labute approximate surface area is 118 Å². The maximum absolute atomic E-state index is 5.36. The first-order valence-corrected chi connectivity index (χ1v) is 6.53. The van der Waals surface area contributed by atoms with E-state index in [1.807, 2.05) is 30.3 Å². The third-order valence-electron chi connectivity index (χ3n) is 3.45.